The number of halogens is 1. The molecule has 3 aromatic rings. The molecular formula is C27H31ClN4O5. The molecule has 0 spiro atoms. The number of ether oxygens (including phenoxy) is 2. The number of carbonyl (C=O) groups excluding carboxylic acids is 1. The van der Waals surface area contributed by atoms with Crippen LogP contribution in [0.1, 0.15) is 57.6 Å². The summed E-state index contributed by atoms with van der Waals surface area (Å²) in [6.07, 6.45) is 2.88. The highest BCUT2D eigenvalue weighted by molar-refractivity contribution is 6.33. The number of benzene rings is 1. The maximum atomic E-state index is 12.5. The molecule has 9 nitrogen and oxygen atoms in total. The van der Waals surface area contributed by atoms with E-state index in [1.54, 1.807) is 11.0 Å². The zero-order valence-corrected chi connectivity index (χ0v) is 22.0. The molecule has 3 heterocycles. The molecule has 2 aliphatic rings. The monoisotopic (exact) mass is 526 g/mol. The van der Waals surface area contributed by atoms with Crippen molar-refractivity contribution in [2.45, 2.75) is 71.1 Å². The molecule has 0 unspecified atom stereocenters. The van der Waals surface area contributed by atoms with E-state index in [0.29, 0.717) is 73.1 Å². The van der Waals surface area contributed by atoms with Crippen LogP contribution in [0.5, 0.6) is 6.01 Å². The Morgan fingerprint density at radius 3 is 2.57 bits per heavy atom. The number of rotatable bonds is 4. The Labute approximate surface area is 220 Å². The Kier molecular flexibility index (Phi) is 6.74. The summed E-state index contributed by atoms with van der Waals surface area (Å²) in [4.78, 5) is 37.7. The molecule has 1 aliphatic carbocycles. The van der Waals surface area contributed by atoms with Gasteiger partial charge in [-0.2, -0.15) is 4.98 Å². The van der Waals surface area contributed by atoms with Crippen molar-refractivity contribution in [3.63, 3.8) is 0 Å². The first-order chi connectivity index (χ1) is 17.6. The Hall–Kier alpha value is -3.33. The number of amides is 1. The van der Waals surface area contributed by atoms with Crippen LogP contribution in [0.15, 0.2) is 24.3 Å². The summed E-state index contributed by atoms with van der Waals surface area (Å²) < 4.78 is 11.5. The summed E-state index contributed by atoms with van der Waals surface area (Å²) in [6, 6.07) is 8.21. The molecule has 1 fully saturated rings. The van der Waals surface area contributed by atoms with Crippen LogP contribution in [0.4, 0.5) is 4.79 Å². The number of carboxylic acid groups (broad SMARTS) is 1. The third-order valence-corrected chi connectivity index (χ3v) is 7.14. The quantitative estimate of drug-likeness (QED) is 0.454. The first-order valence-corrected chi connectivity index (χ1v) is 13.0. The van der Waals surface area contributed by atoms with Crippen LogP contribution in [-0.2, 0) is 22.5 Å². The highest BCUT2D eigenvalue weighted by Gasteiger charge is 2.28. The summed E-state index contributed by atoms with van der Waals surface area (Å²) in [7, 11) is 0. The minimum Gasteiger partial charge on any atom is -0.481 e. The second-order valence-corrected chi connectivity index (χ2v) is 11.2. The number of carbonyl (C=O) groups is 2. The van der Waals surface area contributed by atoms with E-state index in [0.717, 1.165) is 16.7 Å². The predicted molar refractivity (Wildman–Crippen MR) is 139 cm³/mol. The third kappa shape index (κ3) is 5.66. The highest BCUT2D eigenvalue weighted by atomic mass is 35.5. The summed E-state index contributed by atoms with van der Waals surface area (Å²) in [5.41, 5.74) is 4.39. The number of carboxylic acids is 1. The number of hydrogen-bond acceptors (Lipinski definition) is 6. The van der Waals surface area contributed by atoms with Crippen LogP contribution >= 0.6 is 11.6 Å². The van der Waals surface area contributed by atoms with Gasteiger partial charge in [-0.05, 0) is 76.1 Å². The average Bonchev–Trinajstić information content (AvgIpc) is 3.23. The van der Waals surface area contributed by atoms with Gasteiger partial charge in [0, 0.05) is 18.7 Å². The second kappa shape index (κ2) is 9.85. The van der Waals surface area contributed by atoms with Crippen molar-refractivity contribution in [3.05, 3.63) is 40.4 Å². The number of aliphatic carboxylic acids is 1. The number of hydrogen-bond donors (Lipinski definition) is 2. The lowest BCUT2D eigenvalue weighted by molar-refractivity contribution is -0.143. The first kappa shape index (κ1) is 25.3. The number of pyridine rings is 1. The lowest BCUT2D eigenvalue weighted by Gasteiger charge is -2.31. The smallest absolute Gasteiger partial charge is 0.410 e. The summed E-state index contributed by atoms with van der Waals surface area (Å²) in [6.45, 7) is 6.68. The fourth-order valence-corrected chi connectivity index (χ4v) is 5.18. The fraction of sp³-hybridized carbons (Fsp3) is 0.481. The Balaban J connectivity index is 1.31. The van der Waals surface area contributed by atoms with E-state index in [1.807, 2.05) is 32.9 Å². The maximum absolute atomic E-state index is 12.5. The summed E-state index contributed by atoms with van der Waals surface area (Å²) in [5.74, 6) is -1.04. The lowest BCUT2D eigenvalue weighted by atomic mass is 9.87. The molecule has 10 heteroatoms. The number of aromatic amines is 1. The molecule has 0 bridgehead atoms. The normalized spacial score (nSPS) is 19.9. The molecule has 0 atom stereocenters. The van der Waals surface area contributed by atoms with Gasteiger partial charge in [0.1, 0.15) is 11.7 Å². The van der Waals surface area contributed by atoms with Gasteiger partial charge >= 0.3 is 12.1 Å². The molecule has 1 amide bonds. The van der Waals surface area contributed by atoms with E-state index >= 15 is 0 Å². The third-order valence-electron chi connectivity index (χ3n) is 6.85. The van der Waals surface area contributed by atoms with Crippen molar-refractivity contribution < 1.29 is 24.2 Å². The van der Waals surface area contributed by atoms with Gasteiger partial charge in [-0.3, -0.25) is 4.79 Å². The van der Waals surface area contributed by atoms with E-state index in [9.17, 15) is 14.7 Å². The topological polar surface area (TPSA) is 118 Å². The summed E-state index contributed by atoms with van der Waals surface area (Å²) in [5, 5.41) is 9.69. The summed E-state index contributed by atoms with van der Waals surface area (Å²) >= 11 is 6.62. The standard InChI is InChI=1S/C27H31ClN4O5/c1-27(2,3)37-26(35)32-11-10-16-12-17(4-5-18(16)14-32)22-20(28)13-21-23(30-22)31-25(29-21)36-19-8-6-15(7-9-19)24(33)34/h4-5,12-13,15,19H,6-11,14H2,1-3H3,(H,33,34)(H,29,30,31). The number of nitrogens with one attached hydrogen (secondary N) is 1. The van der Waals surface area contributed by atoms with E-state index in [1.165, 1.54) is 0 Å². The number of fused-ring (bicyclic) bond motifs is 2. The van der Waals surface area contributed by atoms with Crippen molar-refractivity contribution in [2.24, 2.45) is 5.92 Å². The molecule has 0 radical (unpaired) electrons. The number of aromatic nitrogens is 3. The minimum absolute atomic E-state index is 0.0769. The Morgan fingerprint density at radius 2 is 1.86 bits per heavy atom. The molecule has 37 heavy (non-hydrogen) atoms. The van der Waals surface area contributed by atoms with Crippen LogP contribution < -0.4 is 4.74 Å². The minimum atomic E-state index is -0.740. The van der Waals surface area contributed by atoms with Gasteiger partial charge in [0.05, 0.1) is 22.2 Å². The van der Waals surface area contributed by atoms with Crippen molar-refractivity contribution >= 4 is 34.8 Å². The van der Waals surface area contributed by atoms with Crippen molar-refractivity contribution in [1.82, 2.24) is 19.9 Å². The zero-order valence-electron chi connectivity index (χ0n) is 21.2. The molecule has 5 rings (SSSR count). The molecule has 1 aliphatic heterocycles. The second-order valence-electron chi connectivity index (χ2n) is 10.8. The van der Waals surface area contributed by atoms with Crippen LogP contribution in [0, 0.1) is 5.92 Å². The SMILES string of the molecule is CC(C)(C)OC(=O)N1CCc2cc(-c3nc4nc(OC5CCC(C(=O)O)CC5)[nH]c4cc3Cl)ccc2C1. The van der Waals surface area contributed by atoms with Gasteiger partial charge < -0.3 is 24.5 Å². The Morgan fingerprint density at radius 1 is 1.11 bits per heavy atom. The van der Waals surface area contributed by atoms with E-state index in [2.05, 4.69) is 16.0 Å². The molecule has 2 N–H and O–H groups in total. The van der Waals surface area contributed by atoms with Gasteiger partial charge in [-0.15, -0.1) is 0 Å². The first-order valence-electron chi connectivity index (χ1n) is 12.6. The molecule has 196 valence electrons. The van der Waals surface area contributed by atoms with Crippen molar-refractivity contribution in [3.8, 4) is 17.3 Å². The maximum Gasteiger partial charge on any atom is 0.410 e. The van der Waals surface area contributed by atoms with Crippen LogP contribution in [0.3, 0.4) is 0 Å². The van der Waals surface area contributed by atoms with E-state index in [-0.39, 0.29) is 18.1 Å². The van der Waals surface area contributed by atoms with Gasteiger partial charge in [0.2, 0.25) is 0 Å². The van der Waals surface area contributed by atoms with Gasteiger partial charge in [0.25, 0.3) is 6.01 Å². The molecule has 2 aromatic heterocycles. The fourth-order valence-electron chi connectivity index (χ4n) is 4.92. The molecule has 1 aromatic carbocycles. The van der Waals surface area contributed by atoms with Crippen LogP contribution in [-0.4, -0.2) is 55.3 Å². The average molecular weight is 527 g/mol. The van der Waals surface area contributed by atoms with Gasteiger partial charge in [-0.25, -0.2) is 9.78 Å². The van der Waals surface area contributed by atoms with Crippen molar-refractivity contribution in [1.29, 1.82) is 0 Å². The van der Waals surface area contributed by atoms with Gasteiger partial charge in [-0.1, -0.05) is 23.7 Å². The number of H-pyrrole nitrogens is 1. The highest BCUT2D eigenvalue weighted by Crippen LogP contribution is 2.33. The Bertz CT molecular complexity index is 1340. The van der Waals surface area contributed by atoms with Gasteiger partial charge in [0.15, 0.2) is 5.65 Å². The lowest BCUT2D eigenvalue weighted by Crippen LogP contribution is -2.39. The van der Waals surface area contributed by atoms with E-state index < -0.39 is 11.6 Å². The predicted octanol–water partition coefficient (Wildman–Crippen LogP) is 5.59. The van der Waals surface area contributed by atoms with Crippen LogP contribution in [0.25, 0.3) is 22.4 Å². The number of nitrogens with zero attached hydrogens (tertiary/aromatic N) is 3. The largest absolute Gasteiger partial charge is 0.481 e. The van der Waals surface area contributed by atoms with E-state index in [4.69, 9.17) is 26.1 Å². The zero-order chi connectivity index (χ0) is 26.3. The molecule has 1 saturated carbocycles. The number of imidazole rings is 1. The molecular weight excluding hydrogens is 496 g/mol. The van der Waals surface area contributed by atoms with Crippen LogP contribution in [0.2, 0.25) is 5.02 Å². The molecule has 0 saturated heterocycles. The van der Waals surface area contributed by atoms with Crippen molar-refractivity contribution in [2.75, 3.05) is 6.54 Å².